The predicted molar refractivity (Wildman–Crippen MR) is 41.8 cm³/mol. The third-order valence-corrected chi connectivity index (χ3v) is 2.20. The van der Waals surface area contributed by atoms with Gasteiger partial charge >= 0.3 is 0 Å². The van der Waals surface area contributed by atoms with Gasteiger partial charge in [-0.2, -0.15) is 0 Å². The van der Waals surface area contributed by atoms with Gasteiger partial charge in [0.05, 0.1) is 0 Å². The Labute approximate surface area is 65.0 Å². The first-order chi connectivity index (χ1) is 5.23. The number of alkyl halides is 1. The Bertz CT molecular complexity index is 260. The van der Waals surface area contributed by atoms with Crippen molar-refractivity contribution in [2.24, 2.45) is 5.73 Å². The molecule has 0 heterocycles. The summed E-state index contributed by atoms with van der Waals surface area (Å²) in [6, 6.07) is 8.83. The molecule has 2 unspecified atom stereocenters. The fraction of sp³-hybridized carbons (Fsp3) is 0.333. The lowest BCUT2D eigenvalue weighted by atomic mass is 10.1. The van der Waals surface area contributed by atoms with Crippen LogP contribution >= 0.6 is 0 Å². The maximum Gasteiger partial charge on any atom is 0.152 e. The van der Waals surface area contributed by atoms with Gasteiger partial charge in [0.15, 0.2) is 5.67 Å². The van der Waals surface area contributed by atoms with Crippen LogP contribution in [0.3, 0.4) is 0 Å². The van der Waals surface area contributed by atoms with E-state index < -0.39 is 5.67 Å². The van der Waals surface area contributed by atoms with E-state index in [1.54, 1.807) is 12.1 Å². The third kappa shape index (κ3) is 0.942. The Morgan fingerprint density at radius 3 is 2.36 bits per heavy atom. The molecule has 0 spiro atoms. The first-order valence-corrected chi connectivity index (χ1v) is 3.73. The second-order valence-corrected chi connectivity index (χ2v) is 3.04. The van der Waals surface area contributed by atoms with Crippen LogP contribution in [-0.4, -0.2) is 6.04 Å². The van der Waals surface area contributed by atoms with Crippen molar-refractivity contribution in [3.05, 3.63) is 35.9 Å². The molecule has 1 fully saturated rings. The Balaban J connectivity index is 2.32. The Kier molecular flexibility index (Phi) is 1.26. The van der Waals surface area contributed by atoms with E-state index in [1.165, 1.54) is 0 Å². The molecule has 2 heteroatoms. The monoisotopic (exact) mass is 151 g/mol. The quantitative estimate of drug-likeness (QED) is 0.648. The van der Waals surface area contributed by atoms with Crippen LogP contribution in [-0.2, 0) is 5.67 Å². The molecular formula is C9H10FN. The molecule has 2 N–H and O–H groups in total. The van der Waals surface area contributed by atoms with Crippen molar-refractivity contribution in [2.45, 2.75) is 18.1 Å². The molecular weight excluding hydrogens is 141 g/mol. The van der Waals surface area contributed by atoms with Crippen LogP contribution in [0.1, 0.15) is 12.0 Å². The molecule has 0 radical (unpaired) electrons. The highest BCUT2D eigenvalue weighted by atomic mass is 19.1. The molecule has 58 valence electrons. The number of hydrogen-bond donors (Lipinski definition) is 1. The highest BCUT2D eigenvalue weighted by Crippen LogP contribution is 2.48. The Morgan fingerprint density at radius 2 is 1.91 bits per heavy atom. The summed E-state index contributed by atoms with van der Waals surface area (Å²) in [4.78, 5) is 0. The van der Waals surface area contributed by atoms with E-state index in [0.29, 0.717) is 12.0 Å². The minimum absolute atomic E-state index is 0.287. The Morgan fingerprint density at radius 1 is 1.36 bits per heavy atom. The van der Waals surface area contributed by atoms with E-state index in [-0.39, 0.29) is 6.04 Å². The number of halogens is 1. The van der Waals surface area contributed by atoms with Crippen molar-refractivity contribution in [2.75, 3.05) is 0 Å². The van der Waals surface area contributed by atoms with Gasteiger partial charge in [0.25, 0.3) is 0 Å². The second kappa shape index (κ2) is 2.05. The molecule has 0 bridgehead atoms. The minimum Gasteiger partial charge on any atom is -0.325 e. The molecule has 11 heavy (non-hydrogen) atoms. The SMILES string of the molecule is NC1CC1(F)c1ccccc1. The molecule has 1 aliphatic carbocycles. The lowest BCUT2D eigenvalue weighted by Crippen LogP contribution is -2.12. The van der Waals surface area contributed by atoms with E-state index in [9.17, 15) is 4.39 Å². The molecule has 2 rings (SSSR count). The van der Waals surface area contributed by atoms with E-state index in [2.05, 4.69) is 0 Å². The molecule has 1 aromatic carbocycles. The molecule has 0 saturated heterocycles. The van der Waals surface area contributed by atoms with Crippen LogP contribution in [0, 0.1) is 0 Å². The summed E-state index contributed by atoms with van der Waals surface area (Å²) < 4.78 is 13.5. The normalized spacial score (nSPS) is 35.3. The first-order valence-electron chi connectivity index (χ1n) is 3.73. The summed E-state index contributed by atoms with van der Waals surface area (Å²) >= 11 is 0. The molecule has 1 nitrogen and oxygen atoms in total. The van der Waals surface area contributed by atoms with E-state index in [4.69, 9.17) is 5.73 Å². The van der Waals surface area contributed by atoms with Crippen LogP contribution < -0.4 is 5.73 Å². The smallest absolute Gasteiger partial charge is 0.152 e. The fourth-order valence-electron chi connectivity index (χ4n) is 1.31. The third-order valence-electron chi connectivity index (χ3n) is 2.20. The van der Waals surface area contributed by atoms with Crippen LogP contribution in [0.4, 0.5) is 4.39 Å². The van der Waals surface area contributed by atoms with Crippen molar-refractivity contribution in [3.63, 3.8) is 0 Å². The summed E-state index contributed by atoms with van der Waals surface area (Å²) in [5.74, 6) is 0. The maximum atomic E-state index is 13.5. The predicted octanol–water partition coefficient (Wildman–Crippen LogP) is 1.58. The van der Waals surface area contributed by atoms with Crippen molar-refractivity contribution in [3.8, 4) is 0 Å². The second-order valence-electron chi connectivity index (χ2n) is 3.04. The topological polar surface area (TPSA) is 26.0 Å². The average molecular weight is 151 g/mol. The lowest BCUT2D eigenvalue weighted by Gasteiger charge is -2.04. The molecule has 2 atom stereocenters. The van der Waals surface area contributed by atoms with Gasteiger partial charge in [-0.15, -0.1) is 0 Å². The van der Waals surface area contributed by atoms with Crippen molar-refractivity contribution in [1.29, 1.82) is 0 Å². The molecule has 0 aliphatic heterocycles. The van der Waals surface area contributed by atoms with Gasteiger partial charge < -0.3 is 5.73 Å². The number of rotatable bonds is 1. The van der Waals surface area contributed by atoms with Gasteiger partial charge in [0.2, 0.25) is 0 Å². The van der Waals surface area contributed by atoms with Gasteiger partial charge in [-0.1, -0.05) is 30.3 Å². The standard InChI is InChI=1S/C9H10FN/c10-9(6-8(9)11)7-4-2-1-3-5-7/h1-5,8H,6,11H2. The first kappa shape index (κ1) is 6.80. The van der Waals surface area contributed by atoms with Crippen molar-refractivity contribution >= 4 is 0 Å². The number of nitrogens with two attached hydrogens (primary N) is 1. The molecule has 1 aromatic rings. The fourth-order valence-corrected chi connectivity index (χ4v) is 1.31. The van der Waals surface area contributed by atoms with Crippen LogP contribution in [0.15, 0.2) is 30.3 Å². The van der Waals surface area contributed by atoms with Gasteiger partial charge in [0, 0.05) is 12.5 Å². The van der Waals surface area contributed by atoms with Crippen molar-refractivity contribution in [1.82, 2.24) is 0 Å². The van der Waals surface area contributed by atoms with E-state index in [0.717, 1.165) is 0 Å². The van der Waals surface area contributed by atoms with Gasteiger partial charge in [-0.3, -0.25) is 0 Å². The van der Waals surface area contributed by atoms with Crippen LogP contribution in [0.5, 0.6) is 0 Å². The minimum atomic E-state index is -1.22. The maximum absolute atomic E-state index is 13.5. The van der Waals surface area contributed by atoms with Gasteiger partial charge in [0.1, 0.15) is 0 Å². The molecule has 0 amide bonds. The summed E-state index contributed by atoms with van der Waals surface area (Å²) in [6.45, 7) is 0. The van der Waals surface area contributed by atoms with Crippen LogP contribution in [0.25, 0.3) is 0 Å². The zero-order valence-corrected chi connectivity index (χ0v) is 6.13. The molecule has 1 saturated carbocycles. The summed E-state index contributed by atoms with van der Waals surface area (Å²) in [7, 11) is 0. The highest BCUT2D eigenvalue weighted by molar-refractivity contribution is 5.31. The zero-order chi connectivity index (χ0) is 7.90. The molecule has 0 aromatic heterocycles. The highest BCUT2D eigenvalue weighted by Gasteiger charge is 2.54. The Hall–Kier alpha value is -0.890. The number of hydrogen-bond acceptors (Lipinski definition) is 1. The lowest BCUT2D eigenvalue weighted by molar-refractivity contribution is 0.306. The summed E-state index contributed by atoms with van der Waals surface area (Å²) in [5.41, 5.74) is 4.95. The van der Waals surface area contributed by atoms with Gasteiger partial charge in [-0.25, -0.2) is 4.39 Å². The molecule has 1 aliphatic rings. The van der Waals surface area contributed by atoms with Gasteiger partial charge in [-0.05, 0) is 5.56 Å². The average Bonchev–Trinajstić information content (AvgIpc) is 2.64. The zero-order valence-electron chi connectivity index (χ0n) is 6.13. The number of benzene rings is 1. The summed E-state index contributed by atoms with van der Waals surface area (Å²) in [6.07, 6.45) is 0.469. The van der Waals surface area contributed by atoms with E-state index in [1.807, 2.05) is 18.2 Å². The largest absolute Gasteiger partial charge is 0.325 e. The van der Waals surface area contributed by atoms with E-state index >= 15 is 0 Å². The summed E-state index contributed by atoms with van der Waals surface area (Å²) in [5, 5.41) is 0. The van der Waals surface area contributed by atoms with Crippen LogP contribution in [0.2, 0.25) is 0 Å². The van der Waals surface area contributed by atoms with Crippen molar-refractivity contribution < 1.29 is 4.39 Å².